The maximum absolute atomic E-state index is 11.9. The van der Waals surface area contributed by atoms with E-state index in [9.17, 15) is 17.4 Å². The topological polar surface area (TPSA) is 29.4 Å². The number of hydrogen-bond donors (Lipinski definition) is 0. The van der Waals surface area contributed by atoms with Gasteiger partial charge in [-0.3, -0.25) is 4.03 Å². The van der Waals surface area contributed by atoms with Gasteiger partial charge in [0.15, 0.2) is 8.24 Å². The van der Waals surface area contributed by atoms with Crippen LogP contribution in [0.15, 0.2) is 4.03 Å². The van der Waals surface area contributed by atoms with Gasteiger partial charge in [-0.05, 0) is 19.6 Å². The molecule has 12 heavy (non-hydrogen) atoms. The fourth-order valence-corrected chi connectivity index (χ4v) is 5.50. The molecule has 0 aromatic carbocycles. The number of rotatable bonds is 1. The highest BCUT2D eigenvalue weighted by Crippen LogP contribution is 2.30. The Bertz CT molecular complexity index is 275. The molecule has 0 radical (unpaired) electrons. The van der Waals surface area contributed by atoms with E-state index in [1.165, 1.54) is 19.6 Å². The zero-order valence-electron chi connectivity index (χ0n) is 6.78. The highest BCUT2D eigenvalue weighted by atomic mass is 35.7. The molecule has 0 rings (SSSR count). The van der Waals surface area contributed by atoms with Crippen LogP contribution in [0.5, 0.6) is 0 Å². The van der Waals surface area contributed by atoms with Crippen LogP contribution in [0.3, 0.4) is 0 Å². The molecule has 0 fully saturated rings. The van der Waals surface area contributed by atoms with Crippen LogP contribution in [-0.4, -0.2) is 18.0 Å². The van der Waals surface area contributed by atoms with Crippen molar-refractivity contribution in [1.29, 1.82) is 0 Å². The van der Waals surface area contributed by atoms with E-state index < -0.39 is 22.7 Å². The van der Waals surface area contributed by atoms with Crippen LogP contribution in [-0.2, 0) is 8.94 Å². The predicted molar refractivity (Wildman–Crippen MR) is 45.8 cm³/mol. The van der Waals surface area contributed by atoms with E-state index in [2.05, 4.69) is 4.03 Å². The minimum atomic E-state index is -4.94. The Balaban J connectivity index is 5.15. The van der Waals surface area contributed by atoms with Gasteiger partial charge < -0.3 is 0 Å². The van der Waals surface area contributed by atoms with Gasteiger partial charge in [0.25, 0.3) is 0 Å². The first kappa shape index (κ1) is 12.2. The summed E-state index contributed by atoms with van der Waals surface area (Å²) in [5, 5.41) is 0. The van der Waals surface area contributed by atoms with E-state index in [-0.39, 0.29) is 0 Å². The quantitative estimate of drug-likeness (QED) is 0.511. The third-order valence-corrected chi connectivity index (χ3v) is 5.52. The lowest BCUT2D eigenvalue weighted by Crippen LogP contribution is -2.25. The lowest BCUT2D eigenvalue weighted by atomic mass is 11.6. The van der Waals surface area contributed by atoms with Crippen LogP contribution in [0, 0.1) is 0 Å². The first-order chi connectivity index (χ1) is 4.96. The third-order valence-electron chi connectivity index (χ3n) is 0.677. The normalized spacial score (nSPS) is 18.6. The largest absolute Gasteiger partial charge is 0.492 e. The molecule has 0 aliphatic rings. The van der Waals surface area contributed by atoms with Crippen molar-refractivity contribution in [2.45, 2.75) is 25.1 Å². The Morgan fingerprint density at radius 3 is 1.75 bits per heavy atom. The highest BCUT2D eigenvalue weighted by Gasteiger charge is 2.43. The fourth-order valence-electron chi connectivity index (χ4n) is 0.404. The molecule has 0 aromatic rings. The van der Waals surface area contributed by atoms with Gasteiger partial charge in [-0.2, -0.15) is 13.2 Å². The smallest absolute Gasteiger partial charge is 0.258 e. The second kappa shape index (κ2) is 3.19. The molecule has 0 saturated carbocycles. The van der Waals surface area contributed by atoms with Crippen LogP contribution < -0.4 is 0 Å². The molecule has 1 atom stereocenters. The van der Waals surface area contributed by atoms with Crippen molar-refractivity contribution in [1.82, 2.24) is 0 Å². The van der Waals surface area contributed by atoms with E-state index in [1.807, 2.05) is 0 Å². The van der Waals surface area contributed by atoms with Crippen LogP contribution >= 0.6 is 10.7 Å². The molecular weight excluding hydrogens is 231 g/mol. The summed E-state index contributed by atoms with van der Waals surface area (Å²) in [4.78, 5) is 0. The van der Waals surface area contributed by atoms with Gasteiger partial charge in [-0.25, -0.2) is 4.21 Å². The molecule has 8 heteroatoms. The van der Waals surface area contributed by atoms with Gasteiger partial charge in [0, 0.05) is 10.7 Å². The molecule has 1 unspecified atom stereocenters. The second-order valence-corrected chi connectivity index (χ2v) is 10.9. The van der Waals surface area contributed by atoms with Crippen molar-refractivity contribution < 1.29 is 17.4 Å². The summed E-state index contributed by atoms with van der Waals surface area (Å²) in [6.07, 6.45) is 0. The zero-order chi connectivity index (χ0) is 10.2. The average molecular weight is 240 g/mol. The molecular formula is C4H9ClF3NOSSi. The van der Waals surface area contributed by atoms with Gasteiger partial charge in [-0.1, -0.05) is 0 Å². The summed E-state index contributed by atoms with van der Waals surface area (Å²) in [5.74, 6) is 0. The van der Waals surface area contributed by atoms with Gasteiger partial charge >= 0.3 is 5.51 Å². The Morgan fingerprint density at radius 2 is 1.67 bits per heavy atom. The lowest BCUT2D eigenvalue weighted by Gasteiger charge is -2.12. The number of halogens is 4. The minimum Gasteiger partial charge on any atom is -0.258 e. The molecule has 74 valence electrons. The molecule has 0 aromatic heterocycles. The minimum absolute atomic E-state index is 1.53. The van der Waals surface area contributed by atoms with Crippen molar-refractivity contribution in [3.63, 3.8) is 0 Å². The number of alkyl halides is 3. The summed E-state index contributed by atoms with van der Waals surface area (Å²) >= 11 is 0. The molecule has 0 bridgehead atoms. The van der Waals surface area contributed by atoms with Gasteiger partial charge in [-0.15, -0.1) is 0 Å². The monoisotopic (exact) mass is 239 g/mol. The molecule has 0 amide bonds. The van der Waals surface area contributed by atoms with Crippen molar-refractivity contribution in [2.24, 2.45) is 4.03 Å². The molecule has 0 heterocycles. The van der Waals surface area contributed by atoms with Gasteiger partial charge in [0.1, 0.15) is 0 Å². The molecule has 0 saturated heterocycles. The summed E-state index contributed by atoms with van der Waals surface area (Å²) in [7, 11) is -2.18. The van der Waals surface area contributed by atoms with Crippen molar-refractivity contribution in [3.05, 3.63) is 0 Å². The zero-order valence-corrected chi connectivity index (χ0v) is 9.35. The lowest BCUT2D eigenvalue weighted by molar-refractivity contribution is -0.0381. The van der Waals surface area contributed by atoms with Crippen molar-refractivity contribution in [2.75, 3.05) is 0 Å². The number of nitrogens with zero attached hydrogens (tertiary/aromatic N) is 1. The van der Waals surface area contributed by atoms with E-state index >= 15 is 0 Å². The molecule has 2 nitrogen and oxygen atoms in total. The maximum Gasteiger partial charge on any atom is 0.492 e. The highest BCUT2D eigenvalue weighted by molar-refractivity contribution is 8.16. The van der Waals surface area contributed by atoms with Gasteiger partial charge in [0.2, 0.25) is 8.94 Å². The van der Waals surface area contributed by atoms with Crippen LogP contribution in [0.2, 0.25) is 19.6 Å². The number of hydrogen-bond acceptors (Lipinski definition) is 2. The standard InChI is InChI=1S/C4H9ClF3NOSSi/c1-12(2,3)9-11(5,10)4(6,7)8/h1-3H3. The first-order valence-corrected chi connectivity index (χ1v) is 8.79. The van der Waals surface area contributed by atoms with E-state index in [1.54, 1.807) is 0 Å². The second-order valence-electron chi connectivity index (χ2n) is 3.17. The van der Waals surface area contributed by atoms with Gasteiger partial charge in [0.05, 0.1) is 0 Å². The van der Waals surface area contributed by atoms with Crippen LogP contribution in [0.4, 0.5) is 13.2 Å². The molecule has 0 aliphatic heterocycles. The predicted octanol–water partition coefficient (Wildman–Crippen LogP) is 2.96. The summed E-state index contributed by atoms with van der Waals surface area (Å²) in [5.41, 5.74) is -4.94. The Kier molecular flexibility index (Phi) is 3.25. The van der Waals surface area contributed by atoms with Crippen molar-refractivity contribution >= 4 is 27.9 Å². The van der Waals surface area contributed by atoms with Crippen LogP contribution in [0.25, 0.3) is 0 Å². The SMILES string of the molecule is C[Si](C)(C)N=S(=O)(Cl)C(F)(F)F. The van der Waals surface area contributed by atoms with Crippen molar-refractivity contribution in [3.8, 4) is 0 Å². The molecule has 0 N–H and O–H groups in total. The fraction of sp³-hybridized carbons (Fsp3) is 1.00. The average Bonchev–Trinajstić information content (AvgIpc) is 1.52. The Morgan fingerprint density at radius 1 is 1.33 bits per heavy atom. The van der Waals surface area contributed by atoms with E-state index in [4.69, 9.17) is 10.7 Å². The summed E-state index contributed by atoms with van der Waals surface area (Å²) in [6.45, 7) is 4.59. The van der Waals surface area contributed by atoms with Crippen LogP contribution in [0.1, 0.15) is 0 Å². The first-order valence-electron chi connectivity index (χ1n) is 3.00. The molecule has 0 aliphatic carbocycles. The maximum atomic E-state index is 11.9. The third kappa shape index (κ3) is 3.77. The van der Waals surface area contributed by atoms with E-state index in [0.29, 0.717) is 0 Å². The Hall–Kier alpha value is 0.247. The summed E-state index contributed by atoms with van der Waals surface area (Å²) in [6, 6.07) is 0. The Labute approximate surface area is 74.9 Å². The summed E-state index contributed by atoms with van der Waals surface area (Å²) < 4.78 is 49.5. The van der Waals surface area contributed by atoms with E-state index in [0.717, 1.165) is 0 Å². The molecule has 0 spiro atoms.